The smallest absolute Gasteiger partial charge is 0.251 e. The predicted octanol–water partition coefficient (Wildman–Crippen LogP) is 4.10. The van der Waals surface area contributed by atoms with Gasteiger partial charge in [-0.1, -0.05) is 35.0 Å². The topological polar surface area (TPSA) is 101 Å². The van der Waals surface area contributed by atoms with E-state index in [0.29, 0.717) is 22.6 Å². The lowest BCUT2D eigenvalue weighted by Crippen LogP contribution is -2.26. The maximum absolute atomic E-state index is 12.2. The summed E-state index contributed by atoms with van der Waals surface area (Å²) < 4.78 is 1.43. The van der Waals surface area contributed by atoms with E-state index in [-0.39, 0.29) is 30.5 Å². The lowest BCUT2D eigenvalue weighted by Gasteiger charge is -2.23. The van der Waals surface area contributed by atoms with Gasteiger partial charge in [-0.2, -0.15) is 4.91 Å². The highest BCUT2D eigenvalue weighted by Gasteiger charge is 2.24. The number of nitrogens with zero attached hydrogens (tertiary/aromatic N) is 2. The second-order valence-corrected chi connectivity index (χ2v) is 8.36. The average Bonchev–Trinajstić information content (AvgIpc) is 2.81. The minimum atomic E-state index is -0.676. The van der Waals surface area contributed by atoms with E-state index in [4.69, 9.17) is 16.7 Å². The van der Waals surface area contributed by atoms with Crippen LogP contribution in [-0.2, 0) is 7.05 Å². The number of carbonyl (C=O) groups excluding carboxylic acids is 1. The predicted molar refractivity (Wildman–Crippen MR) is 129 cm³/mol. The number of rotatable bonds is 9. The van der Waals surface area contributed by atoms with Crippen LogP contribution in [0.5, 0.6) is 0 Å². The Morgan fingerprint density at radius 3 is 2.42 bits per heavy atom. The minimum Gasteiger partial charge on any atom is -0.395 e. The Morgan fingerprint density at radius 2 is 1.82 bits per heavy atom. The molecule has 0 saturated heterocycles. The van der Waals surface area contributed by atoms with E-state index in [1.165, 1.54) is 10.6 Å². The van der Waals surface area contributed by atoms with Gasteiger partial charge in [-0.25, -0.2) is 0 Å². The first-order chi connectivity index (χ1) is 15.8. The standard InChI is InChI=1S/C25H26ClN3O4/c1-16-13-20(26)8-9-21(16)22(14-23(28-33)19-7-10-24(31)29(2)15-19)17-3-5-18(6-4-17)25(32)27-11-12-30/h3-10,13,15,22-23,30H,11-12,14H2,1-2H3,(H,27,32). The summed E-state index contributed by atoms with van der Waals surface area (Å²) in [4.78, 5) is 35.8. The van der Waals surface area contributed by atoms with E-state index < -0.39 is 6.04 Å². The number of amides is 1. The zero-order valence-corrected chi connectivity index (χ0v) is 19.2. The number of aryl methyl sites for hydroxylation is 2. The van der Waals surface area contributed by atoms with Crippen molar-refractivity contribution in [3.05, 3.63) is 109 Å². The number of hydrogen-bond donors (Lipinski definition) is 2. The van der Waals surface area contributed by atoms with Gasteiger partial charge in [0.05, 0.1) is 6.61 Å². The fraction of sp³-hybridized carbons (Fsp3) is 0.280. The van der Waals surface area contributed by atoms with Crippen molar-refractivity contribution in [2.75, 3.05) is 13.2 Å². The Hall–Kier alpha value is -3.29. The van der Waals surface area contributed by atoms with Gasteiger partial charge in [0.25, 0.3) is 5.91 Å². The summed E-state index contributed by atoms with van der Waals surface area (Å²) in [5, 5.41) is 15.5. The highest BCUT2D eigenvalue weighted by atomic mass is 35.5. The molecule has 1 amide bonds. The zero-order valence-electron chi connectivity index (χ0n) is 18.5. The summed E-state index contributed by atoms with van der Waals surface area (Å²) in [6.45, 7) is 2.01. The second kappa shape index (κ2) is 11.0. The Labute approximate surface area is 197 Å². The number of nitrogens with one attached hydrogen (secondary N) is 1. The maximum atomic E-state index is 12.2. The lowest BCUT2D eigenvalue weighted by atomic mass is 9.82. The van der Waals surface area contributed by atoms with E-state index in [2.05, 4.69) is 10.5 Å². The van der Waals surface area contributed by atoms with Crippen molar-refractivity contribution < 1.29 is 9.90 Å². The molecule has 3 rings (SSSR count). The van der Waals surface area contributed by atoms with Crippen LogP contribution in [0, 0.1) is 11.8 Å². The zero-order chi connectivity index (χ0) is 24.0. The van der Waals surface area contributed by atoms with Crippen LogP contribution in [0.2, 0.25) is 5.02 Å². The fourth-order valence-electron chi connectivity index (χ4n) is 3.89. The normalized spacial score (nSPS) is 12.7. The number of nitroso groups, excluding NO2 is 1. The van der Waals surface area contributed by atoms with Crippen LogP contribution >= 0.6 is 11.6 Å². The van der Waals surface area contributed by atoms with Crippen molar-refractivity contribution in [2.45, 2.75) is 25.3 Å². The van der Waals surface area contributed by atoms with Crippen molar-refractivity contribution in [3.63, 3.8) is 0 Å². The molecule has 0 saturated carbocycles. The Balaban J connectivity index is 1.99. The summed E-state index contributed by atoms with van der Waals surface area (Å²) in [7, 11) is 1.63. The van der Waals surface area contributed by atoms with Crippen LogP contribution in [0.15, 0.2) is 70.8 Å². The van der Waals surface area contributed by atoms with Crippen molar-refractivity contribution in [1.82, 2.24) is 9.88 Å². The Morgan fingerprint density at radius 1 is 1.12 bits per heavy atom. The van der Waals surface area contributed by atoms with Crippen molar-refractivity contribution in [2.24, 2.45) is 12.2 Å². The first-order valence-corrected chi connectivity index (χ1v) is 11.0. The van der Waals surface area contributed by atoms with Gasteiger partial charge >= 0.3 is 0 Å². The Bertz CT molecular complexity index is 1190. The number of aromatic nitrogens is 1. The van der Waals surface area contributed by atoms with Gasteiger partial charge in [-0.3, -0.25) is 9.59 Å². The second-order valence-electron chi connectivity index (χ2n) is 7.92. The largest absolute Gasteiger partial charge is 0.395 e. The van der Waals surface area contributed by atoms with Gasteiger partial charge in [-0.05, 0) is 65.9 Å². The van der Waals surface area contributed by atoms with Gasteiger partial charge in [0.15, 0.2) is 0 Å². The molecule has 1 aromatic heterocycles. The first-order valence-electron chi connectivity index (χ1n) is 10.6. The highest BCUT2D eigenvalue weighted by molar-refractivity contribution is 6.30. The number of halogens is 1. The quantitative estimate of drug-likeness (QED) is 0.462. The fourth-order valence-corrected chi connectivity index (χ4v) is 4.11. The number of carbonyl (C=O) groups is 1. The van der Waals surface area contributed by atoms with Gasteiger partial charge in [0.1, 0.15) is 6.04 Å². The minimum absolute atomic E-state index is 0.132. The molecule has 3 aromatic rings. The van der Waals surface area contributed by atoms with Gasteiger partial charge in [-0.15, -0.1) is 0 Å². The van der Waals surface area contributed by atoms with Crippen LogP contribution in [-0.4, -0.2) is 28.7 Å². The summed E-state index contributed by atoms with van der Waals surface area (Å²) in [6, 6.07) is 15.1. The van der Waals surface area contributed by atoms with Crippen LogP contribution in [0.4, 0.5) is 0 Å². The van der Waals surface area contributed by atoms with Crippen LogP contribution < -0.4 is 10.9 Å². The molecule has 0 aliphatic carbocycles. The third kappa shape index (κ3) is 5.94. The molecule has 0 bridgehead atoms. The molecular weight excluding hydrogens is 442 g/mol. The van der Waals surface area contributed by atoms with E-state index in [9.17, 15) is 14.5 Å². The molecule has 1 heterocycles. The first kappa shape index (κ1) is 24.4. The van der Waals surface area contributed by atoms with Crippen molar-refractivity contribution >= 4 is 17.5 Å². The van der Waals surface area contributed by atoms with E-state index >= 15 is 0 Å². The number of pyridine rings is 1. The summed E-state index contributed by atoms with van der Waals surface area (Å²) in [5.41, 5.74) is 3.85. The van der Waals surface area contributed by atoms with Gasteiger partial charge in [0.2, 0.25) is 5.56 Å². The van der Waals surface area contributed by atoms with Gasteiger partial charge < -0.3 is 15.0 Å². The molecule has 2 aromatic carbocycles. The third-order valence-corrected chi connectivity index (χ3v) is 5.89. The molecule has 7 nitrogen and oxygen atoms in total. The summed E-state index contributed by atoms with van der Waals surface area (Å²) in [5.74, 6) is -0.468. The van der Waals surface area contributed by atoms with E-state index in [0.717, 1.165) is 16.7 Å². The number of hydrogen-bond acceptors (Lipinski definition) is 5. The monoisotopic (exact) mass is 467 g/mol. The number of aliphatic hydroxyl groups excluding tert-OH is 1. The molecule has 0 aliphatic rings. The molecule has 33 heavy (non-hydrogen) atoms. The molecule has 2 atom stereocenters. The van der Waals surface area contributed by atoms with E-state index in [1.807, 2.05) is 37.3 Å². The Kier molecular flexibility index (Phi) is 8.14. The van der Waals surface area contributed by atoms with Crippen molar-refractivity contribution in [1.29, 1.82) is 0 Å². The van der Waals surface area contributed by atoms with Gasteiger partial charge in [0, 0.05) is 42.4 Å². The third-order valence-electron chi connectivity index (χ3n) is 5.66. The number of aliphatic hydroxyl groups is 1. The summed E-state index contributed by atoms with van der Waals surface area (Å²) in [6.07, 6.45) is 2.01. The molecule has 0 spiro atoms. The molecule has 0 radical (unpaired) electrons. The van der Waals surface area contributed by atoms with Crippen molar-refractivity contribution in [3.8, 4) is 0 Å². The molecule has 172 valence electrons. The van der Waals surface area contributed by atoms with E-state index in [1.54, 1.807) is 31.4 Å². The van der Waals surface area contributed by atoms with Crippen LogP contribution in [0.3, 0.4) is 0 Å². The molecular formula is C25H26ClN3O4. The SMILES string of the molecule is Cc1cc(Cl)ccc1C(CC(N=O)c1ccc(=O)n(C)c1)c1ccc(C(=O)NCCO)cc1. The average molecular weight is 468 g/mol. The molecule has 8 heteroatoms. The van der Waals surface area contributed by atoms with Crippen LogP contribution in [0.25, 0.3) is 0 Å². The summed E-state index contributed by atoms with van der Waals surface area (Å²) >= 11 is 6.16. The lowest BCUT2D eigenvalue weighted by molar-refractivity contribution is 0.0944. The molecule has 2 unspecified atom stereocenters. The van der Waals surface area contributed by atoms with Crippen LogP contribution in [0.1, 0.15) is 51.0 Å². The molecule has 0 fully saturated rings. The number of benzene rings is 2. The molecule has 2 N–H and O–H groups in total. The maximum Gasteiger partial charge on any atom is 0.251 e. The molecule has 0 aliphatic heterocycles. The highest BCUT2D eigenvalue weighted by Crippen LogP contribution is 2.37.